The quantitative estimate of drug-likeness (QED) is 0.0343. The average Bonchev–Trinajstić information content (AvgIpc) is 3.38. The van der Waals surface area contributed by atoms with Crippen molar-refractivity contribution in [3.8, 4) is 0 Å². The minimum Gasteiger partial charge on any atom is -0.462 e. The number of hydrogen-bond acceptors (Lipinski definition) is 6. The Morgan fingerprint density at radius 3 is 0.712 bits per heavy atom. The highest BCUT2D eigenvalue weighted by Crippen LogP contribution is 2.20. The molecule has 0 aromatic carbocycles. The second kappa shape index (κ2) is 58.1. The van der Waals surface area contributed by atoms with Crippen LogP contribution in [0.15, 0.2) is 0 Å². The van der Waals surface area contributed by atoms with Crippen LogP contribution in [0.2, 0.25) is 0 Å². The van der Waals surface area contributed by atoms with Gasteiger partial charge in [-0.1, -0.05) is 337 Å². The van der Waals surface area contributed by atoms with Crippen LogP contribution in [-0.2, 0) is 28.6 Å². The van der Waals surface area contributed by atoms with Gasteiger partial charge in [-0.15, -0.1) is 0 Å². The largest absolute Gasteiger partial charge is 0.462 e. The Labute approximate surface area is 457 Å². The fraction of sp³-hybridized carbons (Fsp3) is 0.955. The van der Waals surface area contributed by atoms with Crippen LogP contribution < -0.4 is 0 Å². The van der Waals surface area contributed by atoms with Gasteiger partial charge in [0.05, 0.1) is 0 Å². The average molecular weight is 1030 g/mol. The van der Waals surface area contributed by atoms with Crippen molar-refractivity contribution in [2.24, 2.45) is 17.8 Å². The zero-order valence-corrected chi connectivity index (χ0v) is 50.4. The minimum atomic E-state index is -0.765. The zero-order valence-electron chi connectivity index (χ0n) is 50.4. The van der Waals surface area contributed by atoms with E-state index in [1.807, 2.05) is 0 Å². The van der Waals surface area contributed by atoms with Crippen LogP contribution in [0.25, 0.3) is 0 Å². The highest BCUT2D eigenvalue weighted by molar-refractivity contribution is 5.71. The van der Waals surface area contributed by atoms with Crippen molar-refractivity contribution in [1.29, 1.82) is 0 Å². The van der Waals surface area contributed by atoms with E-state index in [9.17, 15) is 14.4 Å². The molecule has 0 aromatic rings. The molecule has 3 atom stereocenters. The minimum absolute atomic E-state index is 0.0629. The van der Waals surface area contributed by atoms with Crippen molar-refractivity contribution in [3.05, 3.63) is 0 Å². The van der Waals surface area contributed by atoms with E-state index >= 15 is 0 Å². The lowest BCUT2D eigenvalue weighted by Crippen LogP contribution is -2.30. The molecule has 6 heteroatoms. The molecule has 0 saturated carbocycles. The van der Waals surface area contributed by atoms with Gasteiger partial charge in [0.1, 0.15) is 13.2 Å². The number of esters is 3. The van der Waals surface area contributed by atoms with Gasteiger partial charge in [0, 0.05) is 19.3 Å². The van der Waals surface area contributed by atoms with Gasteiger partial charge in [0.2, 0.25) is 0 Å². The molecule has 0 aromatic heterocycles. The van der Waals surface area contributed by atoms with E-state index in [-0.39, 0.29) is 31.1 Å². The highest BCUT2D eigenvalue weighted by atomic mass is 16.6. The summed E-state index contributed by atoms with van der Waals surface area (Å²) in [7, 11) is 0. The first-order valence-corrected chi connectivity index (χ1v) is 33.2. The van der Waals surface area contributed by atoms with Crippen LogP contribution in [0.3, 0.4) is 0 Å². The number of hydrogen-bond donors (Lipinski definition) is 0. The molecule has 0 radical (unpaired) electrons. The third-order valence-electron chi connectivity index (χ3n) is 16.1. The maximum atomic E-state index is 12.9. The van der Waals surface area contributed by atoms with Crippen LogP contribution in [-0.4, -0.2) is 37.2 Å². The fourth-order valence-electron chi connectivity index (χ4n) is 10.3. The Balaban J connectivity index is 4.20. The molecule has 0 aliphatic rings. The van der Waals surface area contributed by atoms with Gasteiger partial charge in [0.25, 0.3) is 0 Å². The highest BCUT2D eigenvalue weighted by Gasteiger charge is 2.20. The van der Waals surface area contributed by atoms with Crippen LogP contribution in [0.5, 0.6) is 0 Å². The van der Waals surface area contributed by atoms with Gasteiger partial charge < -0.3 is 14.2 Å². The van der Waals surface area contributed by atoms with Crippen LogP contribution in [0.4, 0.5) is 0 Å². The molecule has 0 aliphatic carbocycles. The summed E-state index contributed by atoms with van der Waals surface area (Å²) in [5.41, 5.74) is 0. The standard InChI is InChI=1S/C67H130O6/c1-7-62(5)54-48-42-36-29-25-21-17-13-9-11-15-19-23-27-31-38-44-50-56-65(68)71-59-64(60-72-66(69)57-51-45-39-34-33-35-41-47-53-61(3)4)73-67(70)58-52-46-40-32-28-24-20-16-12-10-14-18-22-26-30-37-43-49-55-63(6)8-2/h61-64H,7-60H2,1-6H3/t62?,63?,64-/m1/s1. The summed E-state index contributed by atoms with van der Waals surface area (Å²) < 4.78 is 17.0. The molecular formula is C67H130O6. The van der Waals surface area contributed by atoms with E-state index in [0.29, 0.717) is 19.3 Å². The molecule has 0 N–H and O–H groups in total. The number of unbranched alkanes of at least 4 members (excludes halogenated alkanes) is 41. The lowest BCUT2D eigenvalue weighted by atomic mass is 9.99. The van der Waals surface area contributed by atoms with Gasteiger partial charge in [-0.25, -0.2) is 0 Å². The summed E-state index contributed by atoms with van der Waals surface area (Å²) in [5, 5.41) is 0. The molecule has 0 aliphatic heterocycles. The van der Waals surface area contributed by atoms with E-state index < -0.39 is 6.10 Å². The van der Waals surface area contributed by atoms with Gasteiger partial charge in [-0.2, -0.15) is 0 Å². The maximum Gasteiger partial charge on any atom is 0.306 e. The Morgan fingerprint density at radius 2 is 0.479 bits per heavy atom. The van der Waals surface area contributed by atoms with Gasteiger partial charge in [-0.3, -0.25) is 14.4 Å². The molecule has 0 rings (SSSR count). The molecule has 73 heavy (non-hydrogen) atoms. The third kappa shape index (κ3) is 57.9. The van der Waals surface area contributed by atoms with Crippen molar-refractivity contribution < 1.29 is 28.6 Å². The SMILES string of the molecule is CCC(C)CCCCCCCCCCCCCCCCCCCCC(=O)OC[C@H](COC(=O)CCCCCCCCCCC(C)C)OC(=O)CCCCCCCCCCCCCCCCCCCCC(C)CC. The molecular weight excluding hydrogens is 901 g/mol. The van der Waals surface area contributed by atoms with E-state index in [0.717, 1.165) is 75.5 Å². The number of carbonyl (C=O) groups excluding carboxylic acids is 3. The van der Waals surface area contributed by atoms with Crippen molar-refractivity contribution >= 4 is 17.9 Å². The molecule has 0 heterocycles. The smallest absolute Gasteiger partial charge is 0.306 e. The lowest BCUT2D eigenvalue weighted by molar-refractivity contribution is -0.167. The zero-order chi connectivity index (χ0) is 53.3. The first kappa shape index (κ1) is 71.4. The van der Waals surface area contributed by atoms with Gasteiger partial charge in [-0.05, 0) is 37.0 Å². The number of rotatable bonds is 60. The maximum absolute atomic E-state index is 12.9. The second-order valence-electron chi connectivity index (χ2n) is 24.1. The first-order valence-electron chi connectivity index (χ1n) is 33.2. The Kier molecular flexibility index (Phi) is 56.8. The number of carbonyl (C=O) groups is 3. The van der Waals surface area contributed by atoms with Crippen molar-refractivity contribution in [2.75, 3.05) is 13.2 Å². The Hall–Kier alpha value is -1.59. The normalized spacial score (nSPS) is 12.9. The molecule has 434 valence electrons. The molecule has 6 nitrogen and oxygen atoms in total. The second-order valence-corrected chi connectivity index (χ2v) is 24.1. The van der Waals surface area contributed by atoms with Crippen LogP contribution in [0.1, 0.15) is 375 Å². The summed E-state index contributed by atoms with van der Waals surface area (Å²) in [5.74, 6) is 1.78. The molecule has 0 saturated heterocycles. The molecule has 0 fully saturated rings. The Bertz CT molecular complexity index is 1140. The summed E-state index contributed by atoms with van der Waals surface area (Å²) in [4.78, 5) is 38.3. The van der Waals surface area contributed by atoms with E-state index in [2.05, 4.69) is 41.5 Å². The Morgan fingerprint density at radius 1 is 0.274 bits per heavy atom. The monoisotopic (exact) mass is 1030 g/mol. The lowest BCUT2D eigenvalue weighted by Gasteiger charge is -2.18. The van der Waals surface area contributed by atoms with Crippen molar-refractivity contribution in [3.63, 3.8) is 0 Å². The van der Waals surface area contributed by atoms with Gasteiger partial charge >= 0.3 is 17.9 Å². The molecule has 0 spiro atoms. The summed E-state index contributed by atoms with van der Waals surface area (Å²) in [6, 6.07) is 0. The summed E-state index contributed by atoms with van der Waals surface area (Å²) in [6.45, 7) is 13.9. The third-order valence-corrected chi connectivity index (χ3v) is 16.1. The molecule has 2 unspecified atom stereocenters. The van der Waals surface area contributed by atoms with Crippen LogP contribution >= 0.6 is 0 Å². The summed E-state index contributed by atoms with van der Waals surface area (Å²) >= 11 is 0. The van der Waals surface area contributed by atoms with Gasteiger partial charge in [0.15, 0.2) is 6.10 Å². The predicted octanol–water partition coefficient (Wildman–Crippen LogP) is 22.2. The van der Waals surface area contributed by atoms with Crippen LogP contribution in [0, 0.1) is 17.8 Å². The first-order chi connectivity index (χ1) is 35.7. The van der Waals surface area contributed by atoms with E-state index in [1.54, 1.807) is 0 Å². The van der Waals surface area contributed by atoms with Crippen molar-refractivity contribution in [1.82, 2.24) is 0 Å². The predicted molar refractivity (Wildman–Crippen MR) is 316 cm³/mol. The van der Waals surface area contributed by atoms with Crippen molar-refractivity contribution in [2.45, 2.75) is 382 Å². The summed E-state index contributed by atoms with van der Waals surface area (Å²) in [6.07, 6.45) is 64.0. The fourth-order valence-corrected chi connectivity index (χ4v) is 10.3. The van der Waals surface area contributed by atoms with E-state index in [1.165, 1.54) is 257 Å². The topological polar surface area (TPSA) is 78.9 Å². The van der Waals surface area contributed by atoms with E-state index in [4.69, 9.17) is 14.2 Å². The molecule has 0 amide bonds. The molecule has 0 bridgehead atoms. The number of ether oxygens (including phenoxy) is 3.